The van der Waals surface area contributed by atoms with Gasteiger partial charge in [-0.2, -0.15) is 12.6 Å². The molecule has 0 bridgehead atoms. The van der Waals surface area contributed by atoms with E-state index in [1.54, 1.807) is 0 Å². The van der Waals surface area contributed by atoms with Gasteiger partial charge in [-0.05, 0) is 0 Å². The van der Waals surface area contributed by atoms with E-state index in [0.29, 0.717) is 13.2 Å². The number of hydrogen-bond donors (Lipinski definition) is 4. The number of primary amides is 1. The first-order valence-electron chi connectivity index (χ1n) is 4.73. The van der Waals surface area contributed by atoms with Crippen molar-refractivity contribution in [3.8, 4) is 0 Å². The van der Waals surface area contributed by atoms with E-state index in [4.69, 9.17) is 20.9 Å². The molecule has 0 spiro atoms. The molecule has 0 heterocycles. The zero-order valence-corrected chi connectivity index (χ0v) is 9.74. The number of carbonyl (C=O) groups is 2. The van der Waals surface area contributed by atoms with Crippen LogP contribution in [0.4, 0.5) is 4.79 Å². The van der Waals surface area contributed by atoms with Crippen LogP contribution < -0.4 is 16.8 Å². The third kappa shape index (κ3) is 7.32. The van der Waals surface area contributed by atoms with E-state index < -0.39 is 18.0 Å². The van der Waals surface area contributed by atoms with Crippen LogP contribution in [0.5, 0.6) is 0 Å². The Bertz CT molecular complexity index is 227. The standard InChI is InChI=1S/C8H17N3O4S/c9-1-2-14-3-4-15-8(13)11-6(5-16)7(10)12/h6,16H,1-5,9H2,(H2,10,12)(H,11,13). The summed E-state index contributed by atoms with van der Waals surface area (Å²) in [6.07, 6.45) is -0.728. The molecule has 1 atom stereocenters. The molecule has 0 aromatic carbocycles. The Kier molecular flexibility index (Phi) is 8.68. The summed E-state index contributed by atoms with van der Waals surface area (Å²) in [5.41, 5.74) is 10.2. The van der Waals surface area contributed by atoms with Crippen LogP contribution in [-0.2, 0) is 14.3 Å². The maximum atomic E-state index is 11.1. The summed E-state index contributed by atoms with van der Waals surface area (Å²) in [5.74, 6) is -0.542. The fourth-order valence-electron chi connectivity index (χ4n) is 0.769. The number of nitrogens with one attached hydrogen (secondary N) is 1. The van der Waals surface area contributed by atoms with Gasteiger partial charge in [-0.25, -0.2) is 4.79 Å². The van der Waals surface area contributed by atoms with Crippen molar-refractivity contribution in [3.05, 3.63) is 0 Å². The maximum Gasteiger partial charge on any atom is 0.407 e. The first-order valence-corrected chi connectivity index (χ1v) is 5.36. The van der Waals surface area contributed by atoms with Gasteiger partial charge in [-0.3, -0.25) is 4.79 Å². The summed E-state index contributed by atoms with van der Waals surface area (Å²) in [6.45, 7) is 1.16. The highest BCUT2D eigenvalue weighted by Crippen LogP contribution is 1.89. The Morgan fingerprint density at radius 1 is 1.31 bits per heavy atom. The zero-order valence-electron chi connectivity index (χ0n) is 8.85. The molecule has 8 heteroatoms. The predicted molar refractivity (Wildman–Crippen MR) is 61.2 cm³/mol. The minimum absolute atomic E-state index is 0.0872. The van der Waals surface area contributed by atoms with Crippen LogP contribution in [0, 0.1) is 0 Å². The van der Waals surface area contributed by atoms with Crippen molar-refractivity contribution in [3.63, 3.8) is 0 Å². The molecule has 0 aliphatic rings. The number of rotatable bonds is 8. The van der Waals surface area contributed by atoms with Gasteiger partial charge in [0, 0.05) is 12.3 Å². The fourth-order valence-corrected chi connectivity index (χ4v) is 1.04. The molecule has 0 saturated heterocycles. The second kappa shape index (κ2) is 9.25. The monoisotopic (exact) mass is 251 g/mol. The van der Waals surface area contributed by atoms with Crippen molar-refractivity contribution >= 4 is 24.6 Å². The molecule has 0 aromatic rings. The second-order valence-corrected chi connectivity index (χ2v) is 3.18. The van der Waals surface area contributed by atoms with E-state index in [2.05, 4.69) is 17.9 Å². The Labute approximate surface area is 99.2 Å². The van der Waals surface area contributed by atoms with Crippen LogP contribution >= 0.6 is 12.6 Å². The van der Waals surface area contributed by atoms with Gasteiger partial charge in [0.1, 0.15) is 12.6 Å². The van der Waals surface area contributed by atoms with Gasteiger partial charge >= 0.3 is 6.09 Å². The number of ether oxygens (including phenoxy) is 2. The molecule has 0 saturated carbocycles. The smallest absolute Gasteiger partial charge is 0.407 e. The van der Waals surface area contributed by atoms with E-state index in [1.807, 2.05) is 0 Å². The minimum atomic E-state index is -0.833. The summed E-state index contributed by atoms with van der Waals surface area (Å²) in [7, 11) is 0. The predicted octanol–water partition coefficient (Wildman–Crippen LogP) is -1.53. The van der Waals surface area contributed by atoms with Crippen molar-refractivity contribution in [2.24, 2.45) is 11.5 Å². The average molecular weight is 251 g/mol. The summed E-state index contributed by atoms with van der Waals surface area (Å²) >= 11 is 3.86. The van der Waals surface area contributed by atoms with Crippen molar-refractivity contribution in [1.29, 1.82) is 0 Å². The normalized spacial score (nSPS) is 11.9. The van der Waals surface area contributed by atoms with E-state index in [-0.39, 0.29) is 19.0 Å². The summed E-state index contributed by atoms with van der Waals surface area (Å²) in [6, 6.07) is -0.833. The first-order chi connectivity index (χ1) is 7.61. The Hall–Kier alpha value is -0.990. The van der Waals surface area contributed by atoms with Crippen LogP contribution in [-0.4, -0.2) is 50.2 Å². The Morgan fingerprint density at radius 2 is 2.00 bits per heavy atom. The van der Waals surface area contributed by atoms with Gasteiger partial charge in [0.2, 0.25) is 5.91 Å². The molecule has 0 aliphatic carbocycles. The summed E-state index contributed by atoms with van der Waals surface area (Å²) in [5, 5.41) is 2.26. The van der Waals surface area contributed by atoms with Gasteiger partial charge in [0.25, 0.3) is 0 Å². The molecule has 1 unspecified atom stereocenters. The SMILES string of the molecule is NCCOCCOC(=O)NC(CS)C(N)=O. The number of carbonyl (C=O) groups excluding carboxylic acids is 2. The van der Waals surface area contributed by atoms with Crippen molar-refractivity contribution in [1.82, 2.24) is 5.32 Å². The lowest BCUT2D eigenvalue weighted by molar-refractivity contribution is -0.119. The minimum Gasteiger partial charge on any atom is -0.447 e. The van der Waals surface area contributed by atoms with Gasteiger partial charge in [-0.1, -0.05) is 0 Å². The van der Waals surface area contributed by atoms with Gasteiger partial charge in [0.05, 0.1) is 13.2 Å². The highest BCUT2D eigenvalue weighted by atomic mass is 32.1. The molecular weight excluding hydrogens is 234 g/mol. The molecule has 0 rings (SSSR count). The van der Waals surface area contributed by atoms with E-state index >= 15 is 0 Å². The third-order valence-corrected chi connectivity index (χ3v) is 1.91. The van der Waals surface area contributed by atoms with Gasteiger partial charge < -0.3 is 26.3 Å². The molecule has 16 heavy (non-hydrogen) atoms. The van der Waals surface area contributed by atoms with E-state index in [1.165, 1.54) is 0 Å². The molecule has 0 aliphatic heterocycles. The lowest BCUT2D eigenvalue weighted by Crippen LogP contribution is -2.46. The van der Waals surface area contributed by atoms with Crippen LogP contribution in [0.25, 0.3) is 0 Å². The number of nitrogens with two attached hydrogens (primary N) is 2. The summed E-state index contributed by atoms with van der Waals surface area (Å²) in [4.78, 5) is 21.8. The van der Waals surface area contributed by atoms with Crippen molar-refractivity contribution < 1.29 is 19.1 Å². The van der Waals surface area contributed by atoms with Gasteiger partial charge in [-0.15, -0.1) is 0 Å². The van der Waals surface area contributed by atoms with Crippen molar-refractivity contribution in [2.75, 3.05) is 32.1 Å². The largest absolute Gasteiger partial charge is 0.447 e. The van der Waals surface area contributed by atoms with E-state index in [9.17, 15) is 9.59 Å². The quantitative estimate of drug-likeness (QED) is 0.308. The number of thiol groups is 1. The highest BCUT2D eigenvalue weighted by molar-refractivity contribution is 7.80. The number of alkyl carbamates (subject to hydrolysis) is 1. The molecule has 7 nitrogen and oxygen atoms in total. The van der Waals surface area contributed by atoms with E-state index in [0.717, 1.165) is 0 Å². The lowest BCUT2D eigenvalue weighted by atomic mass is 10.3. The average Bonchev–Trinajstić information content (AvgIpc) is 2.25. The summed E-state index contributed by atoms with van der Waals surface area (Å²) < 4.78 is 9.69. The van der Waals surface area contributed by atoms with Crippen LogP contribution in [0.3, 0.4) is 0 Å². The van der Waals surface area contributed by atoms with Crippen LogP contribution in [0.15, 0.2) is 0 Å². The highest BCUT2D eigenvalue weighted by Gasteiger charge is 2.16. The van der Waals surface area contributed by atoms with Crippen molar-refractivity contribution in [2.45, 2.75) is 6.04 Å². The molecule has 0 fully saturated rings. The van der Waals surface area contributed by atoms with Gasteiger partial charge in [0.15, 0.2) is 0 Å². The molecule has 5 N–H and O–H groups in total. The third-order valence-electron chi connectivity index (χ3n) is 1.54. The molecule has 2 amide bonds. The fraction of sp³-hybridized carbons (Fsp3) is 0.750. The molecule has 94 valence electrons. The molecular formula is C8H17N3O4S. The molecule has 0 radical (unpaired) electrons. The Balaban J connectivity index is 3.61. The topological polar surface area (TPSA) is 117 Å². The van der Waals surface area contributed by atoms with Crippen LogP contribution in [0.2, 0.25) is 0 Å². The number of amides is 2. The molecule has 0 aromatic heterocycles. The zero-order chi connectivity index (χ0) is 12.4. The maximum absolute atomic E-state index is 11.1. The van der Waals surface area contributed by atoms with Crippen LogP contribution in [0.1, 0.15) is 0 Å². The Morgan fingerprint density at radius 3 is 2.50 bits per heavy atom. The number of hydrogen-bond acceptors (Lipinski definition) is 6. The second-order valence-electron chi connectivity index (χ2n) is 2.82. The first kappa shape index (κ1) is 15.0. The lowest BCUT2D eigenvalue weighted by Gasteiger charge is -2.12.